The molecule has 3 rings (SSSR count). The molecule has 27 heavy (non-hydrogen) atoms. The molecule has 1 atom stereocenters. The number of piperidine rings is 1. The SMILES string of the molecule is CCCn1c(CN2CCCCC2CC)nc2cc(S(=O)(=O)N(C)C)ccc21. The molecule has 0 spiro atoms. The van der Waals surface area contributed by atoms with Crippen molar-refractivity contribution in [1.82, 2.24) is 18.8 Å². The fourth-order valence-electron chi connectivity index (χ4n) is 4.04. The molecule has 0 radical (unpaired) electrons. The minimum absolute atomic E-state index is 0.303. The molecular formula is C20H32N4O2S. The Labute approximate surface area is 163 Å². The van der Waals surface area contributed by atoms with E-state index in [-0.39, 0.29) is 0 Å². The van der Waals surface area contributed by atoms with Gasteiger partial charge < -0.3 is 4.57 Å². The van der Waals surface area contributed by atoms with Crippen molar-refractivity contribution in [3.05, 3.63) is 24.0 Å². The van der Waals surface area contributed by atoms with Crippen molar-refractivity contribution in [2.45, 2.75) is 70.0 Å². The van der Waals surface area contributed by atoms with E-state index in [2.05, 4.69) is 23.3 Å². The number of sulfonamides is 1. The van der Waals surface area contributed by atoms with Crippen LogP contribution in [0.3, 0.4) is 0 Å². The van der Waals surface area contributed by atoms with E-state index in [0.29, 0.717) is 10.9 Å². The van der Waals surface area contributed by atoms with E-state index in [1.807, 2.05) is 6.07 Å². The number of aromatic nitrogens is 2. The van der Waals surface area contributed by atoms with E-state index < -0.39 is 10.0 Å². The van der Waals surface area contributed by atoms with Crippen molar-refractivity contribution >= 4 is 21.1 Å². The molecule has 0 saturated carbocycles. The van der Waals surface area contributed by atoms with E-state index in [9.17, 15) is 8.42 Å². The molecule has 150 valence electrons. The Morgan fingerprint density at radius 1 is 1.22 bits per heavy atom. The average molecular weight is 393 g/mol. The molecule has 0 bridgehead atoms. The summed E-state index contributed by atoms with van der Waals surface area (Å²) in [5.74, 6) is 1.05. The molecule has 0 aliphatic carbocycles. The summed E-state index contributed by atoms with van der Waals surface area (Å²) in [5, 5.41) is 0. The summed E-state index contributed by atoms with van der Waals surface area (Å²) in [6, 6.07) is 5.95. The zero-order valence-corrected chi connectivity index (χ0v) is 17.8. The number of aryl methyl sites for hydroxylation is 1. The fraction of sp³-hybridized carbons (Fsp3) is 0.650. The lowest BCUT2D eigenvalue weighted by Gasteiger charge is -2.34. The second kappa shape index (κ2) is 8.29. The van der Waals surface area contributed by atoms with Crippen LogP contribution in [0.5, 0.6) is 0 Å². The van der Waals surface area contributed by atoms with E-state index in [1.165, 1.54) is 30.0 Å². The molecule has 1 unspecified atom stereocenters. The Morgan fingerprint density at radius 3 is 2.67 bits per heavy atom. The van der Waals surface area contributed by atoms with Crippen LogP contribution in [0, 0.1) is 0 Å². The minimum Gasteiger partial charge on any atom is -0.327 e. The number of rotatable bonds is 7. The van der Waals surface area contributed by atoms with Gasteiger partial charge in [0, 0.05) is 26.7 Å². The zero-order chi connectivity index (χ0) is 19.6. The van der Waals surface area contributed by atoms with Gasteiger partial charge in [-0.25, -0.2) is 17.7 Å². The van der Waals surface area contributed by atoms with Gasteiger partial charge in [0.15, 0.2) is 0 Å². The van der Waals surface area contributed by atoms with E-state index in [0.717, 1.165) is 42.9 Å². The van der Waals surface area contributed by atoms with Gasteiger partial charge >= 0.3 is 0 Å². The standard InChI is InChI=1S/C20H32N4O2S/c1-5-12-24-19-11-10-17(27(25,26)22(3)4)14-18(19)21-20(24)15-23-13-8-7-9-16(23)6-2/h10-11,14,16H,5-9,12-13,15H2,1-4H3. The molecule has 1 aliphatic heterocycles. The van der Waals surface area contributed by atoms with E-state index in [1.54, 1.807) is 26.2 Å². The number of imidazole rings is 1. The van der Waals surface area contributed by atoms with Crippen LogP contribution in [0.4, 0.5) is 0 Å². The van der Waals surface area contributed by atoms with Crippen molar-refractivity contribution in [3.63, 3.8) is 0 Å². The van der Waals surface area contributed by atoms with Gasteiger partial charge in [0.05, 0.1) is 22.5 Å². The maximum atomic E-state index is 12.5. The van der Waals surface area contributed by atoms with E-state index >= 15 is 0 Å². The van der Waals surface area contributed by atoms with Gasteiger partial charge in [-0.15, -0.1) is 0 Å². The largest absolute Gasteiger partial charge is 0.327 e. The van der Waals surface area contributed by atoms with Crippen LogP contribution in [0.1, 0.15) is 51.8 Å². The predicted octanol–water partition coefficient (Wildman–Crippen LogP) is 3.46. The topological polar surface area (TPSA) is 58.4 Å². The smallest absolute Gasteiger partial charge is 0.242 e. The Hall–Kier alpha value is -1.44. The normalized spacial score (nSPS) is 19.2. The number of benzene rings is 1. The van der Waals surface area contributed by atoms with Crippen LogP contribution in [0.25, 0.3) is 11.0 Å². The molecule has 2 aromatic rings. The van der Waals surface area contributed by atoms with Gasteiger partial charge in [-0.2, -0.15) is 0 Å². The summed E-state index contributed by atoms with van der Waals surface area (Å²) in [7, 11) is -0.336. The first-order valence-electron chi connectivity index (χ1n) is 10.0. The maximum absolute atomic E-state index is 12.5. The molecule has 6 nitrogen and oxygen atoms in total. The second-order valence-electron chi connectivity index (χ2n) is 7.65. The third-order valence-electron chi connectivity index (χ3n) is 5.59. The summed E-state index contributed by atoms with van der Waals surface area (Å²) in [6.07, 6.45) is 6.00. The summed E-state index contributed by atoms with van der Waals surface area (Å²) >= 11 is 0. The van der Waals surface area contributed by atoms with Gasteiger partial charge in [0.2, 0.25) is 10.0 Å². The first kappa shape index (κ1) is 20.3. The number of hydrogen-bond donors (Lipinski definition) is 0. The van der Waals surface area contributed by atoms with Crippen LogP contribution in [-0.2, 0) is 23.1 Å². The monoisotopic (exact) mass is 392 g/mol. The Balaban J connectivity index is 2.00. The van der Waals surface area contributed by atoms with Gasteiger partial charge in [-0.3, -0.25) is 4.90 Å². The summed E-state index contributed by atoms with van der Waals surface area (Å²) < 4.78 is 28.5. The minimum atomic E-state index is -3.45. The van der Waals surface area contributed by atoms with Crippen molar-refractivity contribution < 1.29 is 8.42 Å². The number of likely N-dealkylation sites (tertiary alicyclic amines) is 1. The maximum Gasteiger partial charge on any atom is 0.242 e. The summed E-state index contributed by atoms with van der Waals surface area (Å²) in [4.78, 5) is 7.72. The third kappa shape index (κ3) is 4.05. The lowest BCUT2D eigenvalue weighted by Crippen LogP contribution is -2.39. The molecule has 2 heterocycles. The molecule has 0 N–H and O–H groups in total. The van der Waals surface area contributed by atoms with Gasteiger partial charge in [0.1, 0.15) is 5.82 Å². The lowest BCUT2D eigenvalue weighted by atomic mass is 10.0. The Morgan fingerprint density at radius 2 is 2.00 bits per heavy atom. The Bertz CT molecular complexity index is 889. The molecule has 1 aliphatic rings. The van der Waals surface area contributed by atoms with Crippen molar-refractivity contribution in [2.75, 3.05) is 20.6 Å². The first-order valence-corrected chi connectivity index (χ1v) is 11.5. The predicted molar refractivity (Wildman–Crippen MR) is 109 cm³/mol. The van der Waals surface area contributed by atoms with Crippen LogP contribution in [0.2, 0.25) is 0 Å². The zero-order valence-electron chi connectivity index (χ0n) is 17.0. The van der Waals surface area contributed by atoms with E-state index in [4.69, 9.17) is 4.98 Å². The molecule has 1 aromatic carbocycles. The van der Waals surface area contributed by atoms with Crippen LogP contribution < -0.4 is 0 Å². The molecule has 1 aromatic heterocycles. The highest BCUT2D eigenvalue weighted by molar-refractivity contribution is 7.89. The molecule has 7 heteroatoms. The highest BCUT2D eigenvalue weighted by atomic mass is 32.2. The second-order valence-corrected chi connectivity index (χ2v) is 9.80. The van der Waals surface area contributed by atoms with Crippen molar-refractivity contribution in [2.24, 2.45) is 0 Å². The molecular weight excluding hydrogens is 360 g/mol. The first-order chi connectivity index (χ1) is 12.9. The molecule has 1 saturated heterocycles. The number of hydrogen-bond acceptors (Lipinski definition) is 4. The highest BCUT2D eigenvalue weighted by Gasteiger charge is 2.24. The molecule has 0 amide bonds. The van der Waals surface area contributed by atoms with Crippen LogP contribution >= 0.6 is 0 Å². The summed E-state index contributed by atoms with van der Waals surface area (Å²) in [6.45, 7) is 7.28. The molecule has 1 fully saturated rings. The number of nitrogens with zero attached hydrogens (tertiary/aromatic N) is 4. The fourth-order valence-corrected chi connectivity index (χ4v) is 4.96. The van der Waals surface area contributed by atoms with Gasteiger partial charge in [0.25, 0.3) is 0 Å². The van der Waals surface area contributed by atoms with Crippen molar-refractivity contribution in [3.8, 4) is 0 Å². The Kier molecular flexibility index (Phi) is 6.23. The highest BCUT2D eigenvalue weighted by Crippen LogP contribution is 2.26. The quantitative estimate of drug-likeness (QED) is 0.724. The van der Waals surface area contributed by atoms with Crippen LogP contribution in [0.15, 0.2) is 23.1 Å². The van der Waals surface area contributed by atoms with Crippen molar-refractivity contribution in [1.29, 1.82) is 0 Å². The van der Waals surface area contributed by atoms with Crippen LogP contribution in [-0.4, -0.2) is 53.9 Å². The van der Waals surface area contributed by atoms with Gasteiger partial charge in [-0.1, -0.05) is 20.3 Å². The average Bonchev–Trinajstić information content (AvgIpc) is 2.99. The lowest BCUT2D eigenvalue weighted by molar-refractivity contribution is 0.131. The third-order valence-corrected chi connectivity index (χ3v) is 7.40. The summed E-state index contributed by atoms with van der Waals surface area (Å²) in [5.41, 5.74) is 1.79. The number of fused-ring (bicyclic) bond motifs is 1. The van der Waals surface area contributed by atoms with Gasteiger partial charge in [-0.05, 0) is 50.4 Å².